The molecule has 0 aromatic carbocycles. The molecule has 0 spiro atoms. The molecule has 0 saturated heterocycles. The van der Waals surface area contributed by atoms with Gasteiger partial charge in [-0.25, -0.2) is 0 Å². The number of hydrogen-bond donors (Lipinski definition) is 0. The fraction of sp³-hybridized carbons (Fsp3) is 0.125. The lowest BCUT2D eigenvalue weighted by Gasteiger charge is -1.64. The van der Waals surface area contributed by atoms with Crippen LogP contribution < -0.4 is 0 Å². The molecule has 0 N–H and O–H groups in total. The van der Waals surface area contributed by atoms with Gasteiger partial charge in [0.05, 0.1) is 6.42 Å². The zero-order valence-corrected chi connectivity index (χ0v) is 8.78. The molecule has 0 atom stereocenters. The molecular weight excluding hydrogens is 192 g/mol. The summed E-state index contributed by atoms with van der Waals surface area (Å²) in [5.41, 5.74) is 0. The molecule has 0 unspecified atom stereocenters. The van der Waals surface area contributed by atoms with Gasteiger partial charge >= 0.3 is 0 Å². The van der Waals surface area contributed by atoms with Crippen molar-refractivity contribution in [3.8, 4) is 83.4 Å². The maximum atomic E-state index is 4.89. The third kappa shape index (κ3) is 10.9. The first-order valence-electron chi connectivity index (χ1n) is 4.25. The lowest BCUT2D eigenvalue weighted by Crippen LogP contribution is -1.59. The quantitative estimate of drug-likeness (QED) is 0.510. The van der Waals surface area contributed by atoms with E-state index in [9.17, 15) is 0 Å². The third-order valence-corrected chi connectivity index (χ3v) is 0.988. The van der Waals surface area contributed by atoms with Gasteiger partial charge in [-0.2, -0.15) is 0 Å². The van der Waals surface area contributed by atoms with Crippen molar-refractivity contribution in [3.63, 3.8) is 0 Å². The van der Waals surface area contributed by atoms with E-state index in [1.165, 1.54) is 0 Å². The lowest BCUT2D eigenvalue weighted by atomic mass is 10.4. The summed E-state index contributed by atoms with van der Waals surface area (Å²) >= 11 is 0. The Morgan fingerprint density at radius 1 is 0.688 bits per heavy atom. The summed E-state index contributed by atoms with van der Waals surface area (Å²) in [6.45, 7) is 1.72. The van der Waals surface area contributed by atoms with E-state index in [2.05, 4.69) is 77.0 Å². The Hall–Kier alpha value is -3.08. The summed E-state index contributed by atoms with van der Waals surface area (Å²) in [7, 11) is 0. The standard InChI is InChI=1S/C16H6/c1-3-5-7-9-11-13-15-16-14-12-10-8-6-4-2/h1H,16H2,2H3. The van der Waals surface area contributed by atoms with Crippen LogP contribution >= 0.6 is 0 Å². The minimum absolute atomic E-state index is 0.422. The first-order chi connectivity index (χ1) is 7.91. The van der Waals surface area contributed by atoms with Crippen molar-refractivity contribution < 1.29 is 0 Å². The van der Waals surface area contributed by atoms with Gasteiger partial charge in [-0.15, -0.1) is 6.42 Å². The molecule has 70 valence electrons. The highest BCUT2D eigenvalue weighted by atomic mass is 13.6. The van der Waals surface area contributed by atoms with Crippen molar-refractivity contribution in [1.29, 1.82) is 0 Å². The second kappa shape index (κ2) is 11.9. The van der Waals surface area contributed by atoms with Gasteiger partial charge in [-0.1, -0.05) is 17.8 Å². The summed E-state index contributed by atoms with van der Waals surface area (Å²) in [5.74, 6) is 33.0. The topological polar surface area (TPSA) is 0 Å². The Kier molecular flexibility index (Phi) is 9.63. The summed E-state index contributed by atoms with van der Waals surface area (Å²) in [5, 5.41) is 0. The van der Waals surface area contributed by atoms with E-state index in [0.717, 1.165) is 0 Å². The van der Waals surface area contributed by atoms with Crippen LogP contribution in [0.1, 0.15) is 13.3 Å². The molecule has 0 radical (unpaired) electrons. The molecular formula is C16H6. The highest BCUT2D eigenvalue weighted by Crippen LogP contribution is 1.68. The van der Waals surface area contributed by atoms with Crippen LogP contribution in [0.3, 0.4) is 0 Å². The molecule has 0 aliphatic rings. The zero-order chi connectivity index (χ0) is 11.9. The van der Waals surface area contributed by atoms with Crippen LogP contribution in [-0.4, -0.2) is 0 Å². The van der Waals surface area contributed by atoms with E-state index < -0.39 is 0 Å². The van der Waals surface area contributed by atoms with Gasteiger partial charge < -0.3 is 0 Å². The van der Waals surface area contributed by atoms with Crippen LogP contribution in [-0.2, 0) is 0 Å². The Morgan fingerprint density at radius 3 is 1.75 bits per heavy atom. The molecule has 0 aliphatic heterocycles. The monoisotopic (exact) mass is 198 g/mol. The molecule has 0 rings (SSSR count). The number of rotatable bonds is 0. The Morgan fingerprint density at radius 2 is 1.19 bits per heavy atom. The van der Waals surface area contributed by atoms with Crippen LogP contribution in [0, 0.1) is 83.4 Å². The fourth-order valence-electron chi connectivity index (χ4n) is 0.476. The van der Waals surface area contributed by atoms with Crippen LogP contribution in [0.2, 0.25) is 0 Å². The highest BCUT2D eigenvalue weighted by Gasteiger charge is 1.63. The van der Waals surface area contributed by atoms with Gasteiger partial charge in [0.15, 0.2) is 0 Å². The first-order valence-corrected chi connectivity index (χ1v) is 4.25. The molecule has 0 heteroatoms. The van der Waals surface area contributed by atoms with Crippen LogP contribution in [0.15, 0.2) is 0 Å². The summed E-state index contributed by atoms with van der Waals surface area (Å²) in [6, 6.07) is 0. The predicted molar refractivity (Wildman–Crippen MR) is 65.8 cm³/mol. The molecule has 0 amide bonds. The average Bonchev–Trinajstić information content (AvgIpc) is 2.31. The van der Waals surface area contributed by atoms with Crippen molar-refractivity contribution in [2.45, 2.75) is 13.3 Å². The molecule has 0 aromatic heterocycles. The fourth-order valence-corrected chi connectivity index (χ4v) is 0.476. The largest absolute Gasteiger partial charge is 0.106 e. The van der Waals surface area contributed by atoms with Crippen molar-refractivity contribution in [2.75, 3.05) is 0 Å². The van der Waals surface area contributed by atoms with Crippen LogP contribution in [0.5, 0.6) is 0 Å². The Labute approximate surface area is 97.2 Å². The molecule has 0 aliphatic carbocycles. The van der Waals surface area contributed by atoms with Crippen LogP contribution in [0.4, 0.5) is 0 Å². The lowest BCUT2D eigenvalue weighted by molar-refractivity contribution is 1.57. The zero-order valence-electron chi connectivity index (χ0n) is 8.78. The van der Waals surface area contributed by atoms with Gasteiger partial charge in [-0.3, -0.25) is 0 Å². The minimum atomic E-state index is 0.422. The van der Waals surface area contributed by atoms with Gasteiger partial charge in [0.25, 0.3) is 0 Å². The van der Waals surface area contributed by atoms with E-state index in [0.29, 0.717) is 6.42 Å². The number of hydrogen-bond acceptors (Lipinski definition) is 0. The minimum Gasteiger partial charge on any atom is -0.106 e. The predicted octanol–water partition coefficient (Wildman–Crippen LogP) is 1.05. The summed E-state index contributed by atoms with van der Waals surface area (Å²) in [6.07, 6.45) is 5.31. The maximum Gasteiger partial charge on any atom is 0.0723 e. The SMILES string of the molecule is C#CC#CC#CC#CCC#CC#CC#CC. The molecule has 0 bridgehead atoms. The molecule has 16 heavy (non-hydrogen) atoms. The Balaban J connectivity index is 4.03. The van der Waals surface area contributed by atoms with Crippen molar-refractivity contribution in [3.05, 3.63) is 0 Å². The van der Waals surface area contributed by atoms with E-state index in [1.54, 1.807) is 6.92 Å². The van der Waals surface area contributed by atoms with E-state index in [-0.39, 0.29) is 0 Å². The summed E-state index contributed by atoms with van der Waals surface area (Å²) in [4.78, 5) is 0. The van der Waals surface area contributed by atoms with Gasteiger partial charge in [0, 0.05) is 0 Å². The molecule has 0 heterocycles. The van der Waals surface area contributed by atoms with Crippen molar-refractivity contribution in [1.82, 2.24) is 0 Å². The molecule has 0 nitrogen and oxygen atoms in total. The molecule has 0 saturated carbocycles. The van der Waals surface area contributed by atoms with E-state index in [1.807, 2.05) is 0 Å². The van der Waals surface area contributed by atoms with Gasteiger partial charge in [0.1, 0.15) is 0 Å². The number of terminal acetylenes is 1. The van der Waals surface area contributed by atoms with E-state index >= 15 is 0 Å². The maximum absolute atomic E-state index is 4.89. The van der Waals surface area contributed by atoms with E-state index in [4.69, 9.17) is 6.42 Å². The first kappa shape index (κ1) is 12.9. The third-order valence-electron chi connectivity index (χ3n) is 0.988. The van der Waals surface area contributed by atoms with Gasteiger partial charge in [-0.05, 0) is 66.1 Å². The van der Waals surface area contributed by atoms with Crippen LogP contribution in [0.25, 0.3) is 0 Å². The highest BCUT2D eigenvalue weighted by molar-refractivity contribution is 5.40. The second-order valence-corrected chi connectivity index (χ2v) is 2.05. The normalized spacial score (nSPS) is 4.25. The Bertz CT molecular complexity index is 628. The van der Waals surface area contributed by atoms with Crippen molar-refractivity contribution in [2.24, 2.45) is 0 Å². The van der Waals surface area contributed by atoms with Gasteiger partial charge in [0.2, 0.25) is 0 Å². The smallest absolute Gasteiger partial charge is 0.0723 e. The average molecular weight is 198 g/mol. The molecule has 0 fully saturated rings. The van der Waals surface area contributed by atoms with Crippen molar-refractivity contribution >= 4 is 0 Å². The molecule has 0 aromatic rings. The second-order valence-electron chi connectivity index (χ2n) is 2.05. The summed E-state index contributed by atoms with van der Waals surface area (Å²) < 4.78 is 0.